The van der Waals surface area contributed by atoms with Crippen molar-refractivity contribution < 1.29 is 4.79 Å². The third-order valence-electron chi connectivity index (χ3n) is 4.16. The lowest BCUT2D eigenvalue weighted by Gasteiger charge is -2.13. The van der Waals surface area contributed by atoms with Gasteiger partial charge in [-0.05, 0) is 42.7 Å². The van der Waals surface area contributed by atoms with E-state index in [1.165, 1.54) is 12.3 Å². The number of aromatic nitrogens is 2. The molecule has 0 aliphatic heterocycles. The summed E-state index contributed by atoms with van der Waals surface area (Å²) < 4.78 is 0. The van der Waals surface area contributed by atoms with Crippen molar-refractivity contribution in [3.8, 4) is 6.07 Å². The van der Waals surface area contributed by atoms with E-state index in [0.29, 0.717) is 17.2 Å². The molecule has 0 radical (unpaired) electrons. The molecule has 0 spiro atoms. The highest BCUT2D eigenvalue weighted by Crippen LogP contribution is 2.24. The molecule has 134 valence electrons. The standard InChI is InChI=1S/C21H19N5O/c1-3-15-9-6-7-14(2)19(15)26-21-23-12-11-18(25-21)20(27)24-17-10-5-4-8-16(17)13-22/h4-12H,3H2,1-2H3,(H,24,27)(H,23,25,26). The van der Waals surface area contributed by atoms with E-state index in [2.05, 4.69) is 33.6 Å². The van der Waals surface area contributed by atoms with Crippen molar-refractivity contribution in [1.29, 1.82) is 5.26 Å². The first-order valence-corrected chi connectivity index (χ1v) is 8.61. The fourth-order valence-electron chi connectivity index (χ4n) is 2.74. The van der Waals surface area contributed by atoms with E-state index in [4.69, 9.17) is 5.26 Å². The summed E-state index contributed by atoms with van der Waals surface area (Å²) in [6.45, 7) is 4.09. The summed E-state index contributed by atoms with van der Waals surface area (Å²) in [5, 5.41) is 15.1. The molecule has 6 nitrogen and oxygen atoms in total. The number of para-hydroxylation sites is 2. The summed E-state index contributed by atoms with van der Waals surface area (Å²) in [6.07, 6.45) is 2.40. The van der Waals surface area contributed by atoms with Gasteiger partial charge in [0.15, 0.2) is 0 Å². The number of nitrogens with zero attached hydrogens (tertiary/aromatic N) is 3. The van der Waals surface area contributed by atoms with Crippen LogP contribution in [0.3, 0.4) is 0 Å². The van der Waals surface area contributed by atoms with Crippen LogP contribution in [-0.4, -0.2) is 15.9 Å². The van der Waals surface area contributed by atoms with Crippen LogP contribution < -0.4 is 10.6 Å². The Bertz CT molecular complexity index is 1020. The minimum absolute atomic E-state index is 0.215. The van der Waals surface area contributed by atoms with Gasteiger partial charge in [0.25, 0.3) is 5.91 Å². The fourth-order valence-corrected chi connectivity index (χ4v) is 2.74. The van der Waals surface area contributed by atoms with Gasteiger partial charge in [-0.1, -0.05) is 37.3 Å². The van der Waals surface area contributed by atoms with E-state index in [1.54, 1.807) is 24.3 Å². The van der Waals surface area contributed by atoms with Gasteiger partial charge in [-0.25, -0.2) is 9.97 Å². The predicted octanol–water partition coefficient (Wildman–Crippen LogP) is 4.22. The van der Waals surface area contributed by atoms with E-state index < -0.39 is 5.91 Å². The zero-order chi connectivity index (χ0) is 19.2. The smallest absolute Gasteiger partial charge is 0.274 e. The van der Waals surface area contributed by atoms with Crippen LogP contribution in [0.15, 0.2) is 54.7 Å². The Morgan fingerprint density at radius 3 is 2.74 bits per heavy atom. The summed E-state index contributed by atoms with van der Waals surface area (Å²) >= 11 is 0. The molecule has 2 N–H and O–H groups in total. The number of aryl methyl sites for hydroxylation is 2. The van der Waals surface area contributed by atoms with Gasteiger partial charge in [0.05, 0.1) is 11.3 Å². The summed E-state index contributed by atoms with van der Waals surface area (Å²) in [6, 6.07) is 16.5. The molecule has 1 aromatic heterocycles. The highest BCUT2D eigenvalue weighted by molar-refractivity contribution is 6.03. The van der Waals surface area contributed by atoms with Crippen molar-refractivity contribution in [3.05, 3.63) is 77.1 Å². The van der Waals surface area contributed by atoms with E-state index >= 15 is 0 Å². The number of rotatable bonds is 5. The van der Waals surface area contributed by atoms with Crippen molar-refractivity contribution in [3.63, 3.8) is 0 Å². The Kier molecular flexibility index (Phi) is 5.43. The summed E-state index contributed by atoms with van der Waals surface area (Å²) in [5.41, 5.74) is 4.24. The summed E-state index contributed by atoms with van der Waals surface area (Å²) in [7, 11) is 0. The quantitative estimate of drug-likeness (QED) is 0.713. The molecule has 0 unspecified atom stereocenters. The van der Waals surface area contributed by atoms with Crippen molar-refractivity contribution >= 4 is 23.2 Å². The lowest BCUT2D eigenvalue weighted by molar-refractivity contribution is 0.102. The Labute approximate surface area is 157 Å². The Morgan fingerprint density at radius 2 is 1.96 bits per heavy atom. The summed E-state index contributed by atoms with van der Waals surface area (Å²) in [5.74, 6) is -0.0520. The van der Waals surface area contributed by atoms with Crippen LogP contribution in [-0.2, 0) is 6.42 Å². The van der Waals surface area contributed by atoms with Gasteiger partial charge in [-0.2, -0.15) is 5.26 Å². The molecule has 0 bridgehead atoms. The molecule has 6 heteroatoms. The second-order valence-corrected chi connectivity index (χ2v) is 5.96. The molecule has 0 fully saturated rings. The molecule has 0 aliphatic carbocycles. The zero-order valence-electron chi connectivity index (χ0n) is 15.2. The second kappa shape index (κ2) is 8.11. The maximum Gasteiger partial charge on any atom is 0.274 e. The van der Waals surface area contributed by atoms with Crippen molar-refractivity contribution in [2.75, 3.05) is 10.6 Å². The van der Waals surface area contributed by atoms with Gasteiger partial charge in [-0.3, -0.25) is 4.79 Å². The molecular weight excluding hydrogens is 338 g/mol. The van der Waals surface area contributed by atoms with Gasteiger partial charge in [-0.15, -0.1) is 0 Å². The first kappa shape index (κ1) is 18.1. The Morgan fingerprint density at radius 1 is 1.15 bits per heavy atom. The highest BCUT2D eigenvalue weighted by atomic mass is 16.1. The number of carbonyl (C=O) groups is 1. The summed E-state index contributed by atoms with van der Waals surface area (Å²) in [4.78, 5) is 21.1. The minimum atomic E-state index is -0.399. The van der Waals surface area contributed by atoms with Crippen LogP contribution in [0.1, 0.15) is 34.1 Å². The molecule has 3 aromatic rings. The third kappa shape index (κ3) is 4.10. The minimum Gasteiger partial charge on any atom is -0.324 e. The number of hydrogen-bond donors (Lipinski definition) is 2. The molecule has 0 saturated carbocycles. The Hall–Kier alpha value is -3.72. The zero-order valence-corrected chi connectivity index (χ0v) is 15.2. The molecule has 27 heavy (non-hydrogen) atoms. The number of hydrogen-bond acceptors (Lipinski definition) is 5. The van der Waals surface area contributed by atoms with Crippen LogP contribution in [0.25, 0.3) is 0 Å². The number of nitriles is 1. The monoisotopic (exact) mass is 357 g/mol. The van der Waals surface area contributed by atoms with Gasteiger partial charge in [0.2, 0.25) is 5.95 Å². The maximum absolute atomic E-state index is 12.5. The molecule has 1 heterocycles. The first-order chi connectivity index (χ1) is 13.1. The van der Waals surface area contributed by atoms with Gasteiger partial charge in [0.1, 0.15) is 11.8 Å². The van der Waals surface area contributed by atoms with Crippen LogP contribution in [0, 0.1) is 18.3 Å². The van der Waals surface area contributed by atoms with Crippen molar-refractivity contribution in [1.82, 2.24) is 9.97 Å². The number of benzene rings is 2. The largest absolute Gasteiger partial charge is 0.324 e. The SMILES string of the molecule is CCc1cccc(C)c1Nc1nccc(C(=O)Nc2ccccc2C#N)n1. The lowest BCUT2D eigenvalue weighted by Crippen LogP contribution is -2.15. The average Bonchev–Trinajstić information content (AvgIpc) is 2.70. The average molecular weight is 357 g/mol. The number of carbonyl (C=O) groups excluding carboxylic acids is 1. The van der Waals surface area contributed by atoms with E-state index in [0.717, 1.165) is 23.2 Å². The molecule has 0 aliphatic rings. The van der Waals surface area contributed by atoms with Gasteiger partial charge >= 0.3 is 0 Å². The number of amides is 1. The molecule has 0 saturated heterocycles. The van der Waals surface area contributed by atoms with Gasteiger partial charge < -0.3 is 10.6 Å². The van der Waals surface area contributed by atoms with Crippen LogP contribution >= 0.6 is 0 Å². The van der Waals surface area contributed by atoms with E-state index in [-0.39, 0.29) is 5.69 Å². The third-order valence-corrected chi connectivity index (χ3v) is 4.16. The van der Waals surface area contributed by atoms with E-state index in [9.17, 15) is 4.79 Å². The number of nitrogens with one attached hydrogen (secondary N) is 2. The van der Waals surface area contributed by atoms with Crippen LogP contribution in [0.2, 0.25) is 0 Å². The lowest BCUT2D eigenvalue weighted by atomic mass is 10.1. The topological polar surface area (TPSA) is 90.7 Å². The molecule has 2 aromatic carbocycles. The van der Waals surface area contributed by atoms with E-state index in [1.807, 2.05) is 25.1 Å². The maximum atomic E-state index is 12.5. The molecule has 1 amide bonds. The second-order valence-electron chi connectivity index (χ2n) is 5.96. The first-order valence-electron chi connectivity index (χ1n) is 8.61. The normalized spacial score (nSPS) is 10.1. The molecule has 3 rings (SSSR count). The predicted molar refractivity (Wildman–Crippen MR) is 105 cm³/mol. The van der Waals surface area contributed by atoms with Crippen LogP contribution in [0.5, 0.6) is 0 Å². The van der Waals surface area contributed by atoms with Crippen molar-refractivity contribution in [2.45, 2.75) is 20.3 Å². The molecule has 0 atom stereocenters. The highest BCUT2D eigenvalue weighted by Gasteiger charge is 2.12. The van der Waals surface area contributed by atoms with Crippen LogP contribution in [0.4, 0.5) is 17.3 Å². The van der Waals surface area contributed by atoms with Gasteiger partial charge in [0, 0.05) is 11.9 Å². The molecular formula is C21H19N5O. The number of anilines is 3. The fraction of sp³-hybridized carbons (Fsp3) is 0.143. The van der Waals surface area contributed by atoms with Crippen molar-refractivity contribution in [2.24, 2.45) is 0 Å². The Balaban J connectivity index is 1.84.